The molecule has 0 bridgehead atoms. The van der Waals surface area contributed by atoms with E-state index in [9.17, 15) is 9.59 Å². The van der Waals surface area contributed by atoms with Crippen LogP contribution < -0.4 is 16.4 Å². The summed E-state index contributed by atoms with van der Waals surface area (Å²) < 4.78 is 0. The average Bonchev–Trinajstić information content (AvgIpc) is 2.88. The van der Waals surface area contributed by atoms with Crippen LogP contribution in [0.4, 0.5) is 5.69 Å². The van der Waals surface area contributed by atoms with Gasteiger partial charge in [0, 0.05) is 5.02 Å². The number of hydrogen-bond donors (Lipinski definition) is 3. The summed E-state index contributed by atoms with van der Waals surface area (Å²) in [5.74, 6) is -0.665. The molecule has 1 fully saturated rings. The first-order chi connectivity index (χ1) is 9.90. The molecule has 4 N–H and O–H groups in total. The summed E-state index contributed by atoms with van der Waals surface area (Å²) in [6.07, 6.45) is 3.18. The molecule has 0 heterocycles. The van der Waals surface area contributed by atoms with Gasteiger partial charge in [-0.1, -0.05) is 36.0 Å². The fraction of sp³-hybridized carbons (Fsp3) is 0.429. The Hall–Kier alpha value is -1.01. The first-order valence-electron chi connectivity index (χ1n) is 6.73. The molecular weight excluding hydrogens is 349 g/mol. The van der Waals surface area contributed by atoms with Gasteiger partial charge in [0.2, 0.25) is 11.8 Å². The van der Waals surface area contributed by atoms with Crippen molar-refractivity contribution in [3.8, 4) is 0 Å². The number of benzene rings is 1. The Morgan fingerprint density at radius 1 is 1.23 bits per heavy atom. The van der Waals surface area contributed by atoms with Crippen LogP contribution in [0.15, 0.2) is 18.2 Å². The molecule has 0 aromatic heterocycles. The normalized spacial score (nSPS) is 15.8. The third kappa shape index (κ3) is 4.74. The molecule has 0 spiro atoms. The van der Waals surface area contributed by atoms with Gasteiger partial charge in [0.1, 0.15) is 0 Å². The molecule has 5 nitrogen and oxygen atoms in total. The topological polar surface area (TPSA) is 84.2 Å². The van der Waals surface area contributed by atoms with Gasteiger partial charge in [-0.15, -0.1) is 12.4 Å². The highest BCUT2D eigenvalue weighted by Gasteiger charge is 2.36. The van der Waals surface area contributed by atoms with Gasteiger partial charge in [-0.2, -0.15) is 0 Å². The first kappa shape index (κ1) is 19.0. The number of carbonyl (C=O) groups excluding carboxylic acids is 2. The predicted octanol–water partition coefficient (Wildman–Crippen LogP) is 2.74. The van der Waals surface area contributed by atoms with Crippen molar-refractivity contribution in [1.82, 2.24) is 5.32 Å². The number of amides is 2. The lowest BCUT2D eigenvalue weighted by Crippen LogP contribution is -2.53. The summed E-state index contributed by atoms with van der Waals surface area (Å²) in [5.41, 5.74) is 5.57. The van der Waals surface area contributed by atoms with Gasteiger partial charge in [-0.25, -0.2) is 0 Å². The number of anilines is 1. The van der Waals surface area contributed by atoms with Gasteiger partial charge in [0.25, 0.3) is 0 Å². The Balaban J connectivity index is 0.00000242. The van der Waals surface area contributed by atoms with Crippen LogP contribution in [0, 0.1) is 0 Å². The third-order valence-electron chi connectivity index (χ3n) is 3.56. The Morgan fingerprint density at radius 3 is 2.50 bits per heavy atom. The molecular formula is C14H18Cl3N3O2. The zero-order valence-electron chi connectivity index (χ0n) is 11.8. The predicted molar refractivity (Wildman–Crippen MR) is 90.7 cm³/mol. The Bertz CT molecular complexity index is 560. The van der Waals surface area contributed by atoms with E-state index in [0.29, 0.717) is 28.6 Å². The SMILES string of the molecule is Cl.NC1(C(=O)NCC(=O)Nc2cc(Cl)ccc2Cl)CCCC1. The lowest BCUT2D eigenvalue weighted by molar-refractivity contribution is -0.128. The Kier molecular flexibility index (Phi) is 6.94. The molecule has 22 heavy (non-hydrogen) atoms. The van der Waals surface area contributed by atoms with Gasteiger partial charge in [-0.05, 0) is 31.0 Å². The standard InChI is InChI=1S/C14H17Cl2N3O2.ClH/c15-9-3-4-10(16)11(7-9)19-12(20)8-18-13(21)14(17)5-1-2-6-14;/h3-4,7H,1-2,5-6,8,17H2,(H,18,21)(H,19,20);1H. The molecule has 0 atom stereocenters. The number of nitrogens with one attached hydrogen (secondary N) is 2. The van der Waals surface area contributed by atoms with E-state index in [4.69, 9.17) is 28.9 Å². The molecule has 2 amide bonds. The number of halogens is 3. The van der Waals surface area contributed by atoms with Crippen LogP contribution in [0.2, 0.25) is 10.0 Å². The zero-order chi connectivity index (χ0) is 15.5. The van der Waals surface area contributed by atoms with Gasteiger partial charge >= 0.3 is 0 Å². The number of hydrogen-bond acceptors (Lipinski definition) is 3. The molecule has 8 heteroatoms. The van der Waals surface area contributed by atoms with Crippen molar-refractivity contribution in [1.29, 1.82) is 0 Å². The first-order valence-corrected chi connectivity index (χ1v) is 7.48. The summed E-state index contributed by atoms with van der Waals surface area (Å²) in [4.78, 5) is 23.8. The van der Waals surface area contributed by atoms with Crippen molar-refractivity contribution in [3.63, 3.8) is 0 Å². The number of nitrogens with two attached hydrogens (primary N) is 1. The monoisotopic (exact) mass is 365 g/mol. The summed E-state index contributed by atoms with van der Waals surface area (Å²) in [5, 5.41) is 6.01. The fourth-order valence-corrected chi connectivity index (χ4v) is 2.69. The lowest BCUT2D eigenvalue weighted by atomic mass is 9.98. The largest absolute Gasteiger partial charge is 0.345 e. The highest BCUT2D eigenvalue weighted by molar-refractivity contribution is 6.35. The highest BCUT2D eigenvalue weighted by Crippen LogP contribution is 2.27. The molecule has 1 aromatic rings. The van der Waals surface area contributed by atoms with Crippen LogP contribution in [-0.2, 0) is 9.59 Å². The minimum absolute atomic E-state index is 0. The van der Waals surface area contributed by atoms with E-state index in [1.807, 2.05) is 0 Å². The highest BCUT2D eigenvalue weighted by atomic mass is 35.5. The smallest absolute Gasteiger partial charge is 0.243 e. The Morgan fingerprint density at radius 2 is 1.86 bits per heavy atom. The van der Waals surface area contributed by atoms with Crippen molar-refractivity contribution in [2.24, 2.45) is 5.73 Å². The number of rotatable bonds is 4. The van der Waals surface area contributed by atoms with Crippen LogP contribution in [0.3, 0.4) is 0 Å². The van der Waals surface area contributed by atoms with E-state index in [1.54, 1.807) is 18.2 Å². The minimum atomic E-state index is -0.839. The summed E-state index contributed by atoms with van der Waals surface area (Å²) in [7, 11) is 0. The molecule has 1 aliphatic carbocycles. The zero-order valence-corrected chi connectivity index (χ0v) is 14.2. The molecule has 2 rings (SSSR count). The lowest BCUT2D eigenvalue weighted by Gasteiger charge is -2.22. The fourth-order valence-electron chi connectivity index (χ4n) is 2.36. The third-order valence-corrected chi connectivity index (χ3v) is 4.12. The quantitative estimate of drug-likeness (QED) is 0.766. The second-order valence-electron chi connectivity index (χ2n) is 5.22. The van der Waals surface area contributed by atoms with Crippen molar-refractivity contribution < 1.29 is 9.59 Å². The van der Waals surface area contributed by atoms with E-state index in [0.717, 1.165) is 12.8 Å². The summed E-state index contributed by atoms with van der Waals surface area (Å²) in [6.45, 7) is -0.152. The molecule has 0 aliphatic heterocycles. The average molecular weight is 367 g/mol. The van der Waals surface area contributed by atoms with Crippen molar-refractivity contribution >= 4 is 53.1 Å². The van der Waals surface area contributed by atoms with Gasteiger partial charge in [-0.3, -0.25) is 9.59 Å². The van der Waals surface area contributed by atoms with Gasteiger partial charge in [0.15, 0.2) is 0 Å². The van der Waals surface area contributed by atoms with E-state index in [1.165, 1.54) is 0 Å². The van der Waals surface area contributed by atoms with E-state index in [2.05, 4.69) is 10.6 Å². The van der Waals surface area contributed by atoms with E-state index < -0.39 is 5.54 Å². The summed E-state index contributed by atoms with van der Waals surface area (Å²) in [6, 6.07) is 4.76. The maximum atomic E-state index is 12.0. The van der Waals surface area contributed by atoms with Crippen molar-refractivity contribution in [3.05, 3.63) is 28.2 Å². The summed E-state index contributed by atoms with van der Waals surface area (Å²) >= 11 is 11.8. The van der Waals surface area contributed by atoms with Crippen LogP contribution in [-0.4, -0.2) is 23.9 Å². The number of carbonyl (C=O) groups is 2. The van der Waals surface area contributed by atoms with Crippen LogP contribution >= 0.6 is 35.6 Å². The second kappa shape index (κ2) is 8.02. The Labute approximate surface area is 145 Å². The van der Waals surface area contributed by atoms with Gasteiger partial charge in [0.05, 0.1) is 22.8 Å². The molecule has 0 unspecified atom stereocenters. The molecule has 1 aliphatic rings. The molecule has 0 radical (unpaired) electrons. The van der Waals surface area contributed by atoms with E-state index in [-0.39, 0.29) is 30.8 Å². The maximum absolute atomic E-state index is 12.0. The van der Waals surface area contributed by atoms with Gasteiger partial charge < -0.3 is 16.4 Å². The maximum Gasteiger partial charge on any atom is 0.243 e. The second-order valence-corrected chi connectivity index (χ2v) is 6.06. The van der Waals surface area contributed by atoms with Crippen LogP contribution in [0.25, 0.3) is 0 Å². The minimum Gasteiger partial charge on any atom is -0.345 e. The molecule has 1 saturated carbocycles. The molecule has 1 aromatic carbocycles. The van der Waals surface area contributed by atoms with E-state index >= 15 is 0 Å². The van der Waals surface area contributed by atoms with Crippen LogP contribution in [0.1, 0.15) is 25.7 Å². The van der Waals surface area contributed by atoms with Crippen molar-refractivity contribution in [2.75, 3.05) is 11.9 Å². The molecule has 122 valence electrons. The van der Waals surface area contributed by atoms with Crippen LogP contribution in [0.5, 0.6) is 0 Å². The van der Waals surface area contributed by atoms with Crippen molar-refractivity contribution in [2.45, 2.75) is 31.2 Å². The molecule has 0 saturated heterocycles.